The van der Waals surface area contributed by atoms with E-state index in [4.69, 9.17) is 5.73 Å². The van der Waals surface area contributed by atoms with Crippen LogP contribution >= 0.6 is 11.3 Å². The molecule has 0 amide bonds. The lowest BCUT2D eigenvalue weighted by atomic mass is 9.92. The molecular weight excluding hydrogens is 218 g/mol. The standard InChI is InChI=1S/C12H23N3S/c1-8-9(2)16-11(14-8)7-10(13)12(3,4)15(5)6/h10H,7,13H2,1-6H3. The summed E-state index contributed by atoms with van der Waals surface area (Å²) in [5.41, 5.74) is 7.40. The third-order valence-electron chi connectivity index (χ3n) is 3.53. The number of nitrogens with zero attached hydrogens (tertiary/aromatic N) is 2. The lowest BCUT2D eigenvalue weighted by Crippen LogP contribution is -2.54. The van der Waals surface area contributed by atoms with Crippen LogP contribution in [0, 0.1) is 13.8 Å². The average Bonchev–Trinajstić information content (AvgIpc) is 2.45. The van der Waals surface area contributed by atoms with Crippen LogP contribution < -0.4 is 5.73 Å². The maximum absolute atomic E-state index is 6.27. The third kappa shape index (κ3) is 2.81. The molecule has 0 radical (unpaired) electrons. The van der Waals surface area contributed by atoms with Gasteiger partial charge in [-0.2, -0.15) is 0 Å². The van der Waals surface area contributed by atoms with E-state index < -0.39 is 0 Å². The van der Waals surface area contributed by atoms with Crippen LogP contribution in [0.5, 0.6) is 0 Å². The Kier molecular flexibility index (Phi) is 4.10. The highest BCUT2D eigenvalue weighted by molar-refractivity contribution is 7.11. The van der Waals surface area contributed by atoms with Crippen molar-refractivity contribution in [3.8, 4) is 0 Å². The molecule has 0 aliphatic carbocycles. The van der Waals surface area contributed by atoms with Crippen molar-refractivity contribution in [2.45, 2.75) is 45.7 Å². The van der Waals surface area contributed by atoms with Crippen LogP contribution in [0.25, 0.3) is 0 Å². The first-order valence-corrected chi connectivity index (χ1v) is 6.42. The Hall–Kier alpha value is -0.450. The highest BCUT2D eigenvalue weighted by Gasteiger charge is 2.29. The topological polar surface area (TPSA) is 42.1 Å². The van der Waals surface area contributed by atoms with E-state index in [0.717, 1.165) is 17.1 Å². The fraction of sp³-hybridized carbons (Fsp3) is 0.750. The van der Waals surface area contributed by atoms with Gasteiger partial charge in [0.05, 0.1) is 10.7 Å². The summed E-state index contributed by atoms with van der Waals surface area (Å²) in [4.78, 5) is 8.01. The van der Waals surface area contributed by atoms with Crippen LogP contribution in [0.2, 0.25) is 0 Å². The molecule has 1 rings (SSSR count). The largest absolute Gasteiger partial charge is 0.326 e. The van der Waals surface area contributed by atoms with Gasteiger partial charge in [-0.15, -0.1) is 11.3 Å². The van der Waals surface area contributed by atoms with Gasteiger partial charge in [-0.3, -0.25) is 0 Å². The molecular formula is C12H23N3S. The van der Waals surface area contributed by atoms with Crippen LogP contribution in [0.4, 0.5) is 0 Å². The number of aromatic nitrogens is 1. The van der Waals surface area contributed by atoms with E-state index in [9.17, 15) is 0 Å². The predicted molar refractivity (Wildman–Crippen MR) is 71.0 cm³/mol. The van der Waals surface area contributed by atoms with Crippen molar-refractivity contribution in [3.05, 3.63) is 15.6 Å². The normalized spacial score (nSPS) is 14.5. The van der Waals surface area contributed by atoms with Crippen LogP contribution in [0.1, 0.15) is 29.4 Å². The lowest BCUT2D eigenvalue weighted by molar-refractivity contribution is 0.158. The monoisotopic (exact) mass is 241 g/mol. The van der Waals surface area contributed by atoms with Gasteiger partial charge in [-0.25, -0.2) is 4.98 Å². The number of hydrogen-bond acceptors (Lipinski definition) is 4. The predicted octanol–water partition coefficient (Wildman–Crippen LogP) is 1.97. The summed E-state index contributed by atoms with van der Waals surface area (Å²) in [6, 6.07) is 0.104. The number of rotatable bonds is 4. The molecule has 0 aliphatic heterocycles. The molecule has 16 heavy (non-hydrogen) atoms. The molecule has 1 atom stereocenters. The van der Waals surface area contributed by atoms with Gasteiger partial charge in [-0.1, -0.05) is 0 Å². The fourth-order valence-corrected chi connectivity index (χ4v) is 2.39. The number of hydrogen-bond donors (Lipinski definition) is 1. The van der Waals surface area contributed by atoms with Gasteiger partial charge < -0.3 is 10.6 Å². The second-order valence-corrected chi connectivity index (χ2v) is 6.40. The third-order valence-corrected chi connectivity index (χ3v) is 4.62. The molecule has 0 bridgehead atoms. The van der Waals surface area contributed by atoms with E-state index in [-0.39, 0.29) is 11.6 Å². The first-order valence-electron chi connectivity index (χ1n) is 5.61. The summed E-state index contributed by atoms with van der Waals surface area (Å²) < 4.78 is 0. The van der Waals surface area contributed by atoms with Crippen molar-refractivity contribution in [2.75, 3.05) is 14.1 Å². The van der Waals surface area contributed by atoms with Crippen LogP contribution in [0.3, 0.4) is 0 Å². The minimum atomic E-state index is -0.00647. The smallest absolute Gasteiger partial charge is 0.0947 e. The molecule has 3 nitrogen and oxygen atoms in total. The zero-order valence-corrected chi connectivity index (χ0v) is 12.0. The van der Waals surface area contributed by atoms with Crippen molar-refractivity contribution >= 4 is 11.3 Å². The molecule has 1 unspecified atom stereocenters. The summed E-state index contributed by atoms with van der Waals surface area (Å²) in [5, 5.41) is 1.15. The molecule has 1 aromatic rings. The Bertz CT molecular complexity index is 336. The highest BCUT2D eigenvalue weighted by Crippen LogP contribution is 2.22. The van der Waals surface area contributed by atoms with Crippen molar-refractivity contribution in [1.29, 1.82) is 0 Å². The van der Waals surface area contributed by atoms with E-state index in [1.807, 2.05) is 0 Å². The van der Waals surface area contributed by atoms with Gasteiger partial charge in [0.2, 0.25) is 0 Å². The van der Waals surface area contributed by atoms with E-state index in [2.05, 4.69) is 51.7 Å². The zero-order valence-electron chi connectivity index (χ0n) is 11.2. The van der Waals surface area contributed by atoms with Gasteiger partial charge in [0.15, 0.2) is 0 Å². The first kappa shape index (κ1) is 13.6. The molecule has 4 heteroatoms. The highest BCUT2D eigenvalue weighted by atomic mass is 32.1. The summed E-state index contributed by atoms with van der Waals surface area (Å²) in [7, 11) is 4.14. The Morgan fingerprint density at radius 3 is 2.31 bits per heavy atom. The van der Waals surface area contributed by atoms with Crippen LogP contribution in [-0.4, -0.2) is 35.6 Å². The van der Waals surface area contributed by atoms with Gasteiger partial charge in [0.25, 0.3) is 0 Å². The maximum Gasteiger partial charge on any atom is 0.0947 e. The van der Waals surface area contributed by atoms with E-state index in [1.165, 1.54) is 4.88 Å². The molecule has 0 aromatic carbocycles. The Morgan fingerprint density at radius 1 is 1.38 bits per heavy atom. The number of likely N-dealkylation sites (N-methyl/N-ethyl adjacent to an activating group) is 1. The molecule has 2 N–H and O–H groups in total. The van der Waals surface area contributed by atoms with Crippen molar-refractivity contribution in [1.82, 2.24) is 9.88 Å². The number of thiazole rings is 1. The van der Waals surface area contributed by atoms with E-state index >= 15 is 0 Å². The van der Waals surface area contributed by atoms with Crippen molar-refractivity contribution in [3.63, 3.8) is 0 Å². The molecule has 1 aromatic heterocycles. The minimum absolute atomic E-state index is 0.00647. The summed E-state index contributed by atoms with van der Waals surface area (Å²) in [5.74, 6) is 0. The van der Waals surface area contributed by atoms with Gasteiger partial charge in [-0.05, 0) is 41.8 Å². The first-order chi connectivity index (χ1) is 7.25. The molecule has 92 valence electrons. The second-order valence-electron chi connectivity index (χ2n) is 5.11. The molecule has 0 saturated heterocycles. The van der Waals surface area contributed by atoms with Crippen LogP contribution in [0.15, 0.2) is 0 Å². The van der Waals surface area contributed by atoms with E-state index in [1.54, 1.807) is 11.3 Å². The number of nitrogens with two attached hydrogens (primary N) is 1. The molecule has 1 heterocycles. The van der Waals surface area contributed by atoms with Gasteiger partial charge in [0, 0.05) is 22.9 Å². The maximum atomic E-state index is 6.27. The quantitative estimate of drug-likeness (QED) is 0.876. The Morgan fingerprint density at radius 2 is 1.94 bits per heavy atom. The lowest BCUT2D eigenvalue weighted by Gasteiger charge is -2.37. The van der Waals surface area contributed by atoms with Crippen molar-refractivity contribution in [2.24, 2.45) is 5.73 Å². The van der Waals surface area contributed by atoms with Gasteiger partial charge in [0.1, 0.15) is 0 Å². The van der Waals surface area contributed by atoms with Crippen LogP contribution in [-0.2, 0) is 6.42 Å². The SMILES string of the molecule is Cc1nc(CC(N)C(C)(C)N(C)C)sc1C. The molecule has 0 saturated carbocycles. The molecule has 0 spiro atoms. The number of aryl methyl sites for hydroxylation is 2. The average molecular weight is 241 g/mol. The second kappa shape index (κ2) is 4.82. The summed E-state index contributed by atoms with van der Waals surface area (Å²) >= 11 is 1.76. The Balaban J connectivity index is 2.74. The fourth-order valence-electron chi connectivity index (χ4n) is 1.40. The molecule has 0 fully saturated rings. The Labute approximate surface area is 103 Å². The van der Waals surface area contributed by atoms with E-state index in [0.29, 0.717) is 0 Å². The minimum Gasteiger partial charge on any atom is -0.326 e. The molecule has 0 aliphatic rings. The zero-order chi connectivity index (χ0) is 12.5. The summed E-state index contributed by atoms with van der Waals surface area (Å²) in [6.45, 7) is 8.51. The summed E-state index contributed by atoms with van der Waals surface area (Å²) in [6.07, 6.45) is 0.852. The van der Waals surface area contributed by atoms with Crippen molar-refractivity contribution < 1.29 is 0 Å². The van der Waals surface area contributed by atoms with Gasteiger partial charge >= 0.3 is 0 Å².